The third-order valence-electron chi connectivity index (χ3n) is 6.55. The van der Waals surface area contributed by atoms with Crippen LogP contribution in [0, 0.1) is 17.8 Å². The highest BCUT2D eigenvalue weighted by molar-refractivity contribution is 7.99. The van der Waals surface area contributed by atoms with Crippen molar-refractivity contribution < 1.29 is 30.0 Å². The highest BCUT2D eigenvalue weighted by Gasteiger charge is 2.48. The summed E-state index contributed by atoms with van der Waals surface area (Å²) in [6.45, 7) is 9.49. The molecule has 9 heteroatoms. The van der Waals surface area contributed by atoms with Gasteiger partial charge in [0.05, 0.1) is 18.7 Å². The number of hydrogen-bond donors (Lipinski definition) is 5. The fraction of sp³-hybridized carbons (Fsp3) is 0.955. The summed E-state index contributed by atoms with van der Waals surface area (Å²) >= 11 is 1.26. The second-order valence-electron chi connectivity index (χ2n) is 9.76. The van der Waals surface area contributed by atoms with Gasteiger partial charge in [0.15, 0.2) is 0 Å². The Morgan fingerprint density at radius 2 is 1.84 bits per heavy atom. The number of β-amino-alcohol motifs (C(OH)–C–C–N with tert-alkyl or cyclic N) is 1. The molecule has 0 saturated carbocycles. The van der Waals surface area contributed by atoms with E-state index >= 15 is 0 Å². The van der Waals surface area contributed by atoms with Gasteiger partial charge in [-0.3, -0.25) is 9.69 Å². The minimum atomic E-state index is -1.34. The smallest absolute Gasteiger partial charge is 0.237 e. The Kier molecular flexibility index (Phi) is 10.5. The molecule has 0 radical (unpaired) electrons. The van der Waals surface area contributed by atoms with Crippen molar-refractivity contribution in [1.82, 2.24) is 10.2 Å². The third-order valence-corrected chi connectivity index (χ3v) is 7.41. The molecular weight excluding hydrogens is 420 g/mol. The Hall–Kier alpha value is -0.420. The number of carbonyl (C=O) groups excluding carboxylic acids is 1. The Balaban J connectivity index is 2.11. The summed E-state index contributed by atoms with van der Waals surface area (Å²) in [4.78, 5) is 15.3. The highest BCUT2D eigenvalue weighted by Crippen LogP contribution is 2.32. The second kappa shape index (κ2) is 12.2. The number of carbonyl (C=O) groups is 1. The molecule has 2 aliphatic heterocycles. The van der Waals surface area contributed by atoms with Crippen molar-refractivity contribution in [3.63, 3.8) is 0 Å². The van der Waals surface area contributed by atoms with E-state index in [2.05, 4.69) is 19.2 Å². The van der Waals surface area contributed by atoms with E-state index in [4.69, 9.17) is 4.74 Å². The lowest BCUT2D eigenvalue weighted by molar-refractivity contribution is -0.208. The maximum absolute atomic E-state index is 13.3. The zero-order valence-corrected chi connectivity index (χ0v) is 20.3. The average molecular weight is 463 g/mol. The van der Waals surface area contributed by atoms with E-state index in [1.54, 1.807) is 6.26 Å². The van der Waals surface area contributed by atoms with Crippen LogP contribution in [0.1, 0.15) is 47.0 Å². The van der Waals surface area contributed by atoms with Gasteiger partial charge in [0.2, 0.25) is 5.91 Å². The van der Waals surface area contributed by atoms with Crippen LogP contribution in [-0.2, 0) is 9.53 Å². The lowest BCUT2D eigenvalue weighted by Gasteiger charge is -2.44. The van der Waals surface area contributed by atoms with Gasteiger partial charge >= 0.3 is 0 Å². The molecule has 0 aliphatic carbocycles. The van der Waals surface area contributed by atoms with Crippen molar-refractivity contribution in [2.45, 2.75) is 88.9 Å². The number of aliphatic hydroxyl groups excluding tert-OH is 4. The molecule has 0 aromatic rings. The predicted octanol–water partition coefficient (Wildman–Crippen LogP) is 0.417. The first-order valence-corrected chi connectivity index (χ1v) is 12.8. The van der Waals surface area contributed by atoms with Crippen LogP contribution in [0.4, 0.5) is 0 Å². The molecule has 2 heterocycles. The number of hydrogen-bond acceptors (Lipinski definition) is 8. The minimum absolute atomic E-state index is 0.00176. The summed E-state index contributed by atoms with van der Waals surface area (Å²) in [5.74, 6) is 0.825. The topological polar surface area (TPSA) is 122 Å². The van der Waals surface area contributed by atoms with Crippen molar-refractivity contribution in [2.24, 2.45) is 17.8 Å². The molecule has 2 saturated heterocycles. The van der Waals surface area contributed by atoms with Crippen molar-refractivity contribution in [3.8, 4) is 0 Å². The van der Waals surface area contributed by atoms with Crippen LogP contribution in [0.15, 0.2) is 0 Å². The van der Waals surface area contributed by atoms with E-state index in [9.17, 15) is 25.2 Å². The largest absolute Gasteiger partial charge is 0.395 e. The molecule has 0 aromatic carbocycles. The van der Waals surface area contributed by atoms with Gasteiger partial charge in [0, 0.05) is 13.1 Å². The lowest BCUT2D eigenvalue weighted by atomic mass is 9.88. The third kappa shape index (κ3) is 6.79. The van der Waals surface area contributed by atoms with E-state index in [1.807, 2.05) is 18.7 Å². The lowest BCUT2D eigenvalue weighted by Crippen LogP contribution is -2.64. The molecule has 2 aliphatic rings. The zero-order chi connectivity index (χ0) is 23.3. The van der Waals surface area contributed by atoms with Crippen molar-refractivity contribution in [1.29, 1.82) is 0 Å². The number of ether oxygens (including phenoxy) is 1. The summed E-state index contributed by atoms with van der Waals surface area (Å²) < 4.78 is 5.91. The van der Waals surface area contributed by atoms with Crippen molar-refractivity contribution in [3.05, 3.63) is 0 Å². The quantitative estimate of drug-likeness (QED) is 0.317. The summed E-state index contributed by atoms with van der Waals surface area (Å²) in [7, 11) is 0. The van der Waals surface area contributed by atoms with E-state index in [1.165, 1.54) is 11.8 Å². The number of rotatable bonds is 10. The number of nitrogens with zero attached hydrogens (tertiary/aromatic N) is 1. The first kappa shape index (κ1) is 26.8. The molecule has 0 unspecified atom stereocenters. The molecule has 2 fully saturated rings. The molecule has 8 nitrogen and oxygen atoms in total. The fourth-order valence-corrected chi connectivity index (χ4v) is 5.36. The maximum Gasteiger partial charge on any atom is 0.237 e. The van der Waals surface area contributed by atoms with E-state index in [0.717, 1.165) is 25.8 Å². The molecule has 0 bridgehead atoms. The predicted molar refractivity (Wildman–Crippen MR) is 122 cm³/mol. The molecule has 182 valence electrons. The molecule has 31 heavy (non-hydrogen) atoms. The molecule has 5 N–H and O–H groups in total. The Morgan fingerprint density at radius 3 is 2.39 bits per heavy atom. The van der Waals surface area contributed by atoms with Crippen molar-refractivity contribution in [2.75, 3.05) is 26.0 Å². The fourth-order valence-electron chi connectivity index (χ4n) is 4.68. The summed E-state index contributed by atoms with van der Waals surface area (Å²) in [6, 6.07) is -0.858. The van der Waals surface area contributed by atoms with Gasteiger partial charge in [-0.2, -0.15) is 0 Å². The Labute approximate surface area is 190 Å². The highest BCUT2D eigenvalue weighted by atomic mass is 32.2. The van der Waals surface area contributed by atoms with E-state index in [0.29, 0.717) is 18.4 Å². The maximum atomic E-state index is 13.3. The number of aliphatic hydroxyl groups is 4. The zero-order valence-electron chi connectivity index (χ0n) is 19.5. The first-order valence-electron chi connectivity index (χ1n) is 11.5. The van der Waals surface area contributed by atoms with E-state index in [-0.39, 0.29) is 24.5 Å². The summed E-state index contributed by atoms with van der Waals surface area (Å²) in [6.07, 6.45) is 0.00675. The van der Waals surface area contributed by atoms with Gasteiger partial charge in [-0.15, -0.1) is 11.8 Å². The Morgan fingerprint density at radius 1 is 1.16 bits per heavy atom. The molecule has 2 rings (SSSR count). The van der Waals surface area contributed by atoms with Gasteiger partial charge in [-0.25, -0.2) is 0 Å². The molecule has 0 spiro atoms. The SMILES string of the molecule is CS[C@H]1O[C@H]([C@H](NC(=O)[C@@H]2C[C@@H](CCC(C)C)CN2CCO)C(C)C)[C@H](O)[C@H](O)[C@H]1O. The number of amides is 1. The van der Waals surface area contributed by atoms with Crippen LogP contribution in [0.25, 0.3) is 0 Å². The normalized spacial score (nSPS) is 35.6. The molecular formula is C22H42N2O6S. The Bertz CT molecular complexity index is 564. The minimum Gasteiger partial charge on any atom is -0.395 e. The van der Waals surface area contributed by atoms with Crippen LogP contribution in [-0.4, -0.2) is 99.1 Å². The van der Waals surface area contributed by atoms with Crippen molar-refractivity contribution >= 4 is 17.7 Å². The van der Waals surface area contributed by atoms with Gasteiger partial charge in [0.25, 0.3) is 0 Å². The van der Waals surface area contributed by atoms with Crippen LogP contribution in [0.3, 0.4) is 0 Å². The second-order valence-corrected chi connectivity index (χ2v) is 10.7. The van der Waals surface area contributed by atoms with Gasteiger partial charge in [-0.1, -0.05) is 34.1 Å². The number of likely N-dealkylation sites (tertiary alicyclic amines) is 1. The van der Waals surface area contributed by atoms with E-state index < -0.39 is 35.9 Å². The molecule has 1 amide bonds. The summed E-state index contributed by atoms with van der Waals surface area (Å²) in [5.41, 5.74) is -0.681. The van der Waals surface area contributed by atoms with Crippen LogP contribution < -0.4 is 5.32 Å². The van der Waals surface area contributed by atoms with Crippen LogP contribution in [0.2, 0.25) is 0 Å². The van der Waals surface area contributed by atoms with Gasteiger partial charge in [0.1, 0.15) is 29.9 Å². The number of nitrogens with one attached hydrogen (secondary N) is 1. The average Bonchev–Trinajstić information content (AvgIpc) is 3.12. The number of thioether (sulfide) groups is 1. The monoisotopic (exact) mass is 462 g/mol. The standard InChI is InChI=1S/C22H42N2O6S/c1-12(2)6-7-14-10-15(24(11-14)8-9-25)21(29)23-16(13(3)4)20-18(27)17(26)19(28)22(30-20)31-5/h12-20,22,25-28H,6-11H2,1-5H3,(H,23,29)/t14-,15+,16-,17+,18-,19-,20-,22-/m1/s1. The van der Waals surface area contributed by atoms with Crippen LogP contribution >= 0.6 is 11.8 Å². The summed E-state index contributed by atoms with van der Waals surface area (Å²) in [5, 5.41) is 43.6. The molecule has 8 atom stereocenters. The van der Waals surface area contributed by atoms with Crippen LogP contribution in [0.5, 0.6) is 0 Å². The van der Waals surface area contributed by atoms with Gasteiger partial charge in [-0.05, 0) is 36.9 Å². The molecule has 0 aromatic heterocycles. The first-order chi connectivity index (χ1) is 14.6. The van der Waals surface area contributed by atoms with Gasteiger partial charge < -0.3 is 30.5 Å².